The number of aliphatic imine (C=N–C) groups is 1. The molecular weight excluding hydrogens is 532 g/mol. The number of aryl methyl sites for hydroxylation is 1. The summed E-state index contributed by atoms with van der Waals surface area (Å²) in [5.74, 6) is -1.16. The molecule has 0 amide bonds. The first-order valence-electron chi connectivity index (χ1n) is 11.4. The number of hydrogen-bond acceptors (Lipinski definition) is 7. The molecule has 0 radical (unpaired) electrons. The van der Waals surface area contributed by atoms with Crippen LogP contribution >= 0.6 is 7.82 Å². The summed E-state index contributed by atoms with van der Waals surface area (Å²) in [5, 5.41) is 7.86. The smallest absolute Gasteiger partial charge is 0.312 e. The van der Waals surface area contributed by atoms with Crippen molar-refractivity contribution in [3.05, 3.63) is 62.1 Å². The van der Waals surface area contributed by atoms with E-state index in [1.165, 1.54) is 22.9 Å². The molecule has 0 saturated carbocycles. The Hall–Kier alpha value is -3.39. The number of nitrogens with zero attached hydrogens (tertiary/aromatic N) is 5. The fourth-order valence-electron chi connectivity index (χ4n) is 3.83. The maximum atomic E-state index is 13.2. The predicted molar refractivity (Wildman–Crippen MR) is 133 cm³/mol. The molecule has 3 rings (SSSR count). The molecule has 3 aromatic rings. The Morgan fingerprint density at radius 2 is 1.92 bits per heavy atom. The van der Waals surface area contributed by atoms with Crippen molar-refractivity contribution in [1.82, 2.24) is 18.7 Å². The molecule has 1 aromatic carbocycles. The minimum absolute atomic E-state index is 0.0720. The first-order valence-corrected chi connectivity index (χ1v) is 13.0. The minimum Gasteiger partial charge on any atom is -0.312 e. The quantitative estimate of drug-likeness (QED) is 0.241. The third-order valence-corrected chi connectivity index (χ3v) is 5.99. The molecule has 0 aliphatic carbocycles. The minimum atomic E-state index is -5.00. The SMILES string of the molecule is CCCn1c(=O)c2c(nc(C(C=N)C=NCc3cccc(C(F)(F)F)c3)n2COP(=O)(O)O)n(CC)c1=O. The molecule has 38 heavy (non-hydrogen) atoms. The molecule has 0 saturated heterocycles. The van der Waals surface area contributed by atoms with Crippen LogP contribution in [0.2, 0.25) is 0 Å². The van der Waals surface area contributed by atoms with Crippen molar-refractivity contribution < 1.29 is 32.0 Å². The summed E-state index contributed by atoms with van der Waals surface area (Å²) in [6, 6.07) is 4.56. The van der Waals surface area contributed by atoms with Crippen LogP contribution in [0.15, 0.2) is 38.8 Å². The van der Waals surface area contributed by atoms with Gasteiger partial charge in [0, 0.05) is 25.5 Å². The average molecular weight is 558 g/mol. The largest absolute Gasteiger partial charge is 0.471 e. The summed E-state index contributed by atoms with van der Waals surface area (Å²) < 4.78 is 58.3. The zero-order chi connectivity index (χ0) is 28.3. The van der Waals surface area contributed by atoms with E-state index in [0.29, 0.717) is 6.42 Å². The molecule has 1 unspecified atom stereocenters. The lowest BCUT2D eigenvalue weighted by atomic mass is 10.1. The number of phosphoric ester groups is 1. The molecule has 0 spiro atoms. The lowest BCUT2D eigenvalue weighted by Crippen LogP contribution is -2.40. The zero-order valence-electron chi connectivity index (χ0n) is 20.4. The molecule has 3 N–H and O–H groups in total. The molecule has 2 aromatic heterocycles. The van der Waals surface area contributed by atoms with Gasteiger partial charge in [-0.3, -0.25) is 28.0 Å². The van der Waals surface area contributed by atoms with E-state index in [4.69, 9.17) is 5.41 Å². The van der Waals surface area contributed by atoms with Gasteiger partial charge in [-0.1, -0.05) is 19.1 Å². The Balaban J connectivity index is 2.13. The Morgan fingerprint density at radius 1 is 1.21 bits per heavy atom. The highest BCUT2D eigenvalue weighted by molar-refractivity contribution is 7.46. The molecule has 206 valence electrons. The van der Waals surface area contributed by atoms with Crippen LogP contribution in [0.3, 0.4) is 0 Å². The summed E-state index contributed by atoms with van der Waals surface area (Å²) in [4.78, 5) is 53.1. The van der Waals surface area contributed by atoms with Gasteiger partial charge in [0.25, 0.3) is 5.56 Å². The van der Waals surface area contributed by atoms with Gasteiger partial charge in [-0.25, -0.2) is 14.3 Å². The molecule has 12 nitrogen and oxygen atoms in total. The highest BCUT2D eigenvalue weighted by Gasteiger charge is 2.30. The number of phosphoric acid groups is 1. The second-order valence-corrected chi connectivity index (χ2v) is 9.42. The third-order valence-electron chi connectivity index (χ3n) is 5.53. The van der Waals surface area contributed by atoms with E-state index in [-0.39, 0.29) is 42.2 Å². The van der Waals surface area contributed by atoms with Crippen LogP contribution in [0, 0.1) is 5.41 Å². The normalized spacial score (nSPS) is 13.4. The molecule has 0 aliphatic rings. The van der Waals surface area contributed by atoms with Crippen molar-refractivity contribution in [1.29, 1.82) is 5.41 Å². The number of benzene rings is 1. The number of rotatable bonds is 11. The van der Waals surface area contributed by atoms with Crippen LogP contribution in [0.1, 0.15) is 43.1 Å². The number of aromatic nitrogens is 4. The molecule has 0 fully saturated rings. The van der Waals surface area contributed by atoms with Gasteiger partial charge in [-0.15, -0.1) is 0 Å². The van der Waals surface area contributed by atoms with Gasteiger partial charge in [0.15, 0.2) is 11.2 Å². The molecular formula is C22H26F3N6O6P. The molecule has 0 aliphatic heterocycles. The van der Waals surface area contributed by atoms with Gasteiger partial charge in [0.05, 0.1) is 18.0 Å². The van der Waals surface area contributed by atoms with Crippen LogP contribution < -0.4 is 11.2 Å². The first kappa shape index (κ1) is 29.2. The van der Waals surface area contributed by atoms with Crippen molar-refractivity contribution in [2.24, 2.45) is 4.99 Å². The van der Waals surface area contributed by atoms with E-state index in [9.17, 15) is 37.1 Å². The van der Waals surface area contributed by atoms with Crippen molar-refractivity contribution in [2.45, 2.75) is 58.7 Å². The maximum absolute atomic E-state index is 13.2. The van der Waals surface area contributed by atoms with Crippen LogP contribution in [0.5, 0.6) is 0 Å². The van der Waals surface area contributed by atoms with E-state index in [1.54, 1.807) is 13.8 Å². The van der Waals surface area contributed by atoms with Gasteiger partial charge < -0.3 is 15.2 Å². The van der Waals surface area contributed by atoms with Crippen LogP contribution in [-0.2, 0) is 41.6 Å². The molecule has 16 heteroatoms. The van der Waals surface area contributed by atoms with Gasteiger partial charge >= 0.3 is 19.7 Å². The fourth-order valence-corrected chi connectivity index (χ4v) is 4.10. The van der Waals surface area contributed by atoms with E-state index >= 15 is 0 Å². The molecule has 1 atom stereocenters. The number of fused-ring (bicyclic) bond motifs is 1. The van der Waals surface area contributed by atoms with Gasteiger partial charge in [-0.2, -0.15) is 13.2 Å². The number of nitrogens with one attached hydrogen (secondary N) is 1. The van der Waals surface area contributed by atoms with Gasteiger partial charge in [0.1, 0.15) is 12.6 Å². The van der Waals surface area contributed by atoms with E-state index in [2.05, 4.69) is 14.5 Å². The highest BCUT2D eigenvalue weighted by atomic mass is 31.2. The zero-order valence-corrected chi connectivity index (χ0v) is 21.3. The average Bonchev–Trinajstić information content (AvgIpc) is 3.22. The van der Waals surface area contributed by atoms with Crippen LogP contribution in [-0.4, -0.2) is 40.9 Å². The summed E-state index contributed by atoms with van der Waals surface area (Å²) >= 11 is 0. The number of imidazole rings is 1. The first-order chi connectivity index (χ1) is 17.8. The van der Waals surface area contributed by atoms with E-state index in [1.807, 2.05) is 0 Å². The maximum Gasteiger partial charge on any atom is 0.471 e. The third kappa shape index (κ3) is 6.35. The van der Waals surface area contributed by atoms with Crippen LogP contribution in [0.4, 0.5) is 13.2 Å². The highest BCUT2D eigenvalue weighted by Crippen LogP contribution is 2.37. The second-order valence-electron chi connectivity index (χ2n) is 8.18. The van der Waals surface area contributed by atoms with Crippen molar-refractivity contribution in [3.8, 4) is 0 Å². The predicted octanol–water partition coefficient (Wildman–Crippen LogP) is 2.88. The Morgan fingerprint density at radius 3 is 2.50 bits per heavy atom. The number of hydrogen-bond donors (Lipinski definition) is 3. The fraction of sp³-hybridized carbons (Fsp3) is 0.409. The van der Waals surface area contributed by atoms with E-state index < -0.39 is 43.5 Å². The molecule has 0 bridgehead atoms. The Bertz CT molecular complexity index is 1520. The standard InChI is InChI=1S/C22H26F3N6O6P/c1-3-8-30-20(32)17-19(29(4-2)21(30)33)28-18(31(17)13-37-38(34,35)36)15(10-26)12-27-11-14-6-5-7-16(9-14)22(23,24)25/h5-7,9-10,12,15,26H,3-4,8,11,13H2,1-2H3,(H2,34,35,36). The lowest BCUT2D eigenvalue weighted by Gasteiger charge is -2.13. The van der Waals surface area contributed by atoms with E-state index in [0.717, 1.165) is 27.5 Å². The molecule has 2 heterocycles. The van der Waals surface area contributed by atoms with Crippen molar-refractivity contribution in [3.63, 3.8) is 0 Å². The number of alkyl halides is 3. The summed E-state index contributed by atoms with van der Waals surface area (Å²) in [7, 11) is -5.00. The van der Waals surface area contributed by atoms with Gasteiger partial charge in [-0.05, 0) is 31.0 Å². The monoisotopic (exact) mass is 558 g/mol. The lowest BCUT2D eigenvalue weighted by molar-refractivity contribution is -0.137. The topological polar surface area (TPSA) is 165 Å². The second kappa shape index (κ2) is 11.6. The Kier molecular flexibility index (Phi) is 8.87. The summed E-state index contributed by atoms with van der Waals surface area (Å²) in [5.41, 5.74) is -2.21. The van der Waals surface area contributed by atoms with Crippen molar-refractivity contribution in [2.75, 3.05) is 0 Å². The van der Waals surface area contributed by atoms with Crippen LogP contribution in [0.25, 0.3) is 11.2 Å². The summed E-state index contributed by atoms with van der Waals surface area (Å²) in [6.07, 6.45) is -1.98. The number of halogens is 3. The summed E-state index contributed by atoms with van der Waals surface area (Å²) in [6.45, 7) is 2.62. The van der Waals surface area contributed by atoms with Crippen molar-refractivity contribution >= 4 is 31.4 Å². The van der Waals surface area contributed by atoms with Gasteiger partial charge in [0.2, 0.25) is 0 Å². The Labute approximate surface area is 213 Å².